The number of aryl methyl sites for hydroxylation is 2. The molecule has 39 heavy (non-hydrogen) atoms. The van der Waals surface area contributed by atoms with Crippen molar-refractivity contribution in [3.63, 3.8) is 0 Å². The van der Waals surface area contributed by atoms with Gasteiger partial charge in [-0.3, -0.25) is 9.10 Å². The number of carbonyl (C=O) groups excluding carboxylic acids is 1. The normalized spacial score (nSPS) is 15.0. The topological polar surface area (TPSA) is 66.9 Å². The zero-order chi connectivity index (χ0) is 28.5. The van der Waals surface area contributed by atoms with Crippen LogP contribution in [0.2, 0.25) is 0 Å². The van der Waals surface area contributed by atoms with Crippen molar-refractivity contribution < 1.29 is 17.9 Å². The van der Waals surface area contributed by atoms with Crippen LogP contribution in [-0.2, 0) is 14.8 Å². The zero-order valence-electron chi connectivity index (χ0n) is 23.2. The Morgan fingerprint density at radius 1 is 1.03 bits per heavy atom. The van der Waals surface area contributed by atoms with E-state index in [0.29, 0.717) is 22.9 Å². The number of amides is 1. The number of halogens is 1. The van der Waals surface area contributed by atoms with Gasteiger partial charge in [-0.25, -0.2) is 8.42 Å². The molecule has 1 aliphatic rings. The van der Waals surface area contributed by atoms with Crippen molar-refractivity contribution in [2.24, 2.45) is 0 Å². The summed E-state index contributed by atoms with van der Waals surface area (Å²) in [5.41, 5.74) is 5.10. The van der Waals surface area contributed by atoms with E-state index in [1.54, 1.807) is 31.3 Å². The van der Waals surface area contributed by atoms with E-state index in [9.17, 15) is 13.2 Å². The third kappa shape index (κ3) is 6.00. The Balaban J connectivity index is 1.47. The Bertz CT molecular complexity index is 1460. The van der Waals surface area contributed by atoms with Gasteiger partial charge in [-0.1, -0.05) is 22.0 Å². The third-order valence-electron chi connectivity index (χ3n) is 7.50. The van der Waals surface area contributed by atoms with Crippen LogP contribution < -0.4 is 9.04 Å². The van der Waals surface area contributed by atoms with Gasteiger partial charge >= 0.3 is 0 Å². The fraction of sp³-hybridized carbons (Fsp3) is 0.367. The minimum Gasteiger partial charge on any atom is -0.484 e. The Labute approximate surface area is 244 Å². The maximum Gasteiger partial charge on any atom is 0.264 e. The molecule has 3 aromatic rings. The predicted octanol–water partition coefficient (Wildman–Crippen LogP) is 6.97. The van der Waals surface area contributed by atoms with Crippen LogP contribution in [0.25, 0.3) is 0 Å². The minimum atomic E-state index is -3.76. The van der Waals surface area contributed by atoms with E-state index < -0.39 is 10.0 Å². The van der Waals surface area contributed by atoms with Crippen molar-refractivity contribution in [2.45, 2.75) is 56.9 Å². The van der Waals surface area contributed by atoms with E-state index in [2.05, 4.69) is 28.1 Å². The number of fused-ring (bicyclic) bond motifs is 1. The number of nitrogens with zero attached hydrogens (tertiary/aromatic N) is 2. The molecule has 4 rings (SSSR count). The fourth-order valence-corrected chi connectivity index (χ4v) is 8.30. The second-order valence-corrected chi connectivity index (χ2v) is 13.8. The number of hydrogen-bond donors (Lipinski definition) is 0. The SMILES string of the molecule is CCN(C(=O)COc1ccc(N(C)S(=O)(=O)c2c(C)c(C)cc(C)c2C)cc1)C1CCSc2ccc(Br)cc21. The summed E-state index contributed by atoms with van der Waals surface area (Å²) in [5, 5.41) is 0. The summed E-state index contributed by atoms with van der Waals surface area (Å²) >= 11 is 5.38. The Morgan fingerprint density at radius 2 is 1.67 bits per heavy atom. The van der Waals surface area contributed by atoms with Gasteiger partial charge in [0.25, 0.3) is 15.9 Å². The lowest BCUT2D eigenvalue weighted by atomic mass is 10.0. The van der Waals surface area contributed by atoms with Gasteiger partial charge in [0.1, 0.15) is 5.75 Å². The molecule has 1 unspecified atom stereocenters. The average Bonchev–Trinajstić information content (AvgIpc) is 2.91. The molecule has 0 saturated heterocycles. The van der Waals surface area contributed by atoms with Crippen LogP contribution in [0.1, 0.15) is 47.2 Å². The lowest BCUT2D eigenvalue weighted by molar-refractivity contribution is -0.135. The smallest absolute Gasteiger partial charge is 0.264 e. The number of hydrogen-bond acceptors (Lipinski definition) is 5. The highest BCUT2D eigenvalue weighted by atomic mass is 79.9. The van der Waals surface area contributed by atoms with Crippen LogP contribution in [-0.4, -0.2) is 45.2 Å². The van der Waals surface area contributed by atoms with E-state index in [1.165, 1.54) is 14.8 Å². The standard InChI is InChI=1S/C30H35BrN2O4S2/c1-7-33(27-14-15-38-28-13-8-23(31)17-26(27)28)29(34)18-37-25-11-9-24(10-12-25)32(6)39(35,36)30-21(4)19(2)16-20(3)22(30)5/h8-13,16-17,27H,7,14-15,18H2,1-6H3. The molecule has 208 valence electrons. The van der Waals surface area contributed by atoms with Gasteiger partial charge < -0.3 is 9.64 Å². The van der Waals surface area contributed by atoms with Crippen LogP contribution in [0, 0.1) is 27.7 Å². The van der Waals surface area contributed by atoms with Crippen molar-refractivity contribution in [3.05, 3.63) is 80.8 Å². The molecule has 1 aliphatic heterocycles. The lowest BCUT2D eigenvalue weighted by Gasteiger charge is -2.35. The van der Waals surface area contributed by atoms with E-state index in [4.69, 9.17) is 4.74 Å². The van der Waals surface area contributed by atoms with Gasteiger partial charge in [0.15, 0.2) is 6.61 Å². The molecule has 6 nitrogen and oxygen atoms in total. The molecule has 1 atom stereocenters. The molecule has 0 N–H and O–H groups in total. The molecule has 1 heterocycles. The summed E-state index contributed by atoms with van der Waals surface area (Å²) in [5.74, 6) is 1.39. The summed E-state index contributed by atoms with van der Waals surface area (Å²) < 4.78 is 35.3. The summed E-state index contributed by atoms with van der Waals surface area (Å²) in [6.07, 6.45) is 0.891. The summed E-state index contributed by atoms with van der Waals surface area (Å²) in [7, 11) is -2.21. The quantitative estimate of drug-likeness (QED) is 0.269. The van der Waals surface area contributed by atoms with Crippen molar-refractivity contribution >= 4 is 49.3 Å². The van der Waals surface area contributed by atoms with E-state index in [-0.39, 0.29) is 18.6 Å². The second kappa shape index (κ2) is 11.9. The second-order valence-electron chi connectivity index (χ2n) is 9.86. The number of benzene rings is 3. The Hall–Kier alpha value is -2.49. The first kappa shape index (κ1) is 29.5. The molecule has 3 aromatic carbocycles. The first-order valence-electron chi connectivity index (χ1n) is 13.0. The zero-order valence-corrected chi connectivity index (χ0v) is 26.5. The van der Waals surface area contributed by atoms with E-state index in [1.807, 2.05) is 63.4 Å². The van der Waals surface area contributed by atoms with Crippen LogP contribution in [0.5, 0.6) is 5.75 Å². The van der Waals surface area contributed by atoms with E-state index >= 15 is 0 Å². The van der Waals surface area contributed by atoms with Crippen LogP contribution >= 0.6 is 27.7 Å². The molecule has 0 radical (unpaired) electrons. The summed E-state index contributed by atoms with van der Waals surface area (Å²) in [6.45, 7) is 10.0. The number of anilines is 1. The number of rotatable bonds is 8. The minimum absolute atomic E-state index is 0.0123. The number of carbonyl (C=O) groups is 1. The van der Waals surface area contributed by atoms with Crippen molar-refractivity contribution in [2.75, 3.05) is 30.3 Å². The molecular formula is C30H35BrN2O4S2. The molecule has 9 heteroatoms. The van der Waals surface area contributed by atoms with Crippen LogP contribution in [0.15, 0.2) is 62.8 Å². The number of sulfonamides is 1. The Morgan fingerprint density at radius 3 is 2.28 bits per heavy atom. The molecule has 0 aromatic heterocycles. The van der Waals surface area contributed by atoms with E-state index in [0.717, 1.165) is 38.9 Å². The summed E-state index contributed by atoms with van der Waals surface area (Å²) in [6, 6.07) is 15.1. The first-order chi connectivity index (χ1) is 18.4. The molecule has 0 saturated carbocycles. The molecule has 0 fully saturated rings. The third-order valence-corrected chi connectivity index (χ3v) is 11.2. The molecule has 1 amide bonds. The Kier molecular flexibility index (Phi) is 9.03. The maximum absolute atomic E-state index is 13.6. The number of likely N-dealkylation sites (N-methyl/N-ethyl adjacent to an activating group) is 1. The van der Waals surface area contributed by atoms with Gasteiger partial charge in [-0.05, 0) is 111 Å². The highest BCUT2D eigenvalue weighted by molar-refractivity contribution is 9.10. The van der Waals surface area contributed by atoms with Crippen molar-refractivity contribution in [1.29, 1.82) is 0 Å². The molecule has 0 bridgehead atoms. The molecule has 0 spiro atoms. The number of thioether (sulfide) groups is 1. The first-order valence-corrected chi connectivity index (χ1v) is 16.2. The maximum atomic E-state index is 13.6. The summed E-state index contributed by atoms with van der Waals surface area (Å²) in [4.78, 5) is 16.7. The predicted molar refractivity (Wildman–Crippen MR) is 163 cm³/mol. The fourth-order valence-electron chi connectivity index (χ4n) is 5.07. The van der Waals surface area contributed by atoms with Crippen LogP contribution in [0.4, 0.5) is 5.69 Å². The highest BCUT2D eigenvalue weighted by Gasteiger charge is 2.30. The highest BCUT2D eigenvalue weighted by Crippen LogP contribution is 2.40. The molecular weight excluding hydrogens is 596 g/mol. The lowest BCUT2D eigenvalue weighted by Crippen LogP contribution is -2.39. The van der Waals surface area contributed by atoms with Crippen molar-refractivity contribution in [1.82, 2.24) is 4.90 Å². The van der Waals surface area contributed by atoms with Gasteiger partial charge in [0.2, 0.25) is 0 Å². The molecule has 0 aliphatic carbocycles. The van der Waals surface area contributed by atoms with Gasteiger partial charge in [-0.15, -0.1) is 11.8 Å². The van der Waals surface area contributed by atoms with Gasteiger partial charge in [0.05, 0.1) is 16.6 Å². The van der Waals surface area contributed by atoms with Gasteiger partial charge in [0, 0.05) is 28.7 Å². The monoisotopic (exact) mass is 630 g/mol. The largest absolute Gasteiger partial charge is 0.484 e. The number of ether oxygens (including phenoxy) is 1. The van der Waals surface area contributed by atoms with Crippen molar-refractivity contribution in [3.8, 4) is 5.75 Å². The average molecular weight is 632 g/mol. The van der Waals surface area contributed by atoms with Crippen LogP contribution in [0.3, 0.4) is 0 Å². The van der Waals surface area contributed by atoms with Gasteiger partial charge in [-0.2, -0.15) is 0 Å².